The summed E-state index contributed by atoms with van der Waals surface area (Å²) in [5.74, 6) is 0.709. The molecule has 2 rings (SSSR count). The first-order valence-corrected chi connectivity index (χ1v) is 6.25. The third-order valence-corrected chi connectivity index (χ3v) is 3.27. The van der Waals surface area contributed by atoms with Gasteiger partial charge in [0.25, 0.3) is 0 Å². The molecule has 1 heterocycles. The fourth-order valence-electron chi connectivity index (χ4n) is 2.30. The van der Waals surface area contributed by atoms with Crippen LogP contribution in [0, 0.1) is 12.8 Å². The van der Waals surface area contributed by atoms with Gasteiger partial charge in [-0.25, -0.2) is 0 Å². The first kappa shape index (κ1) is 12.2. The van der Waals surface area contributed by atoms with E-state index in [1.54, 1.807) is 12.4 Å². The van der Waals surface area contributed by atoms with Crippen molar-refractivity contribution in [3.8, 4) is 0 Å². The maximum absolute atomic E-state index is 12.0. The standard InChI is InChI=1S/C14H19NO2/c1-3-17-13-5-11(6-13)7-14(16)12-4-10(2)8-15-9-12/h4,8-9,11,13H,3,5-7H2,1-2H3. The van der Waals surface area contributed by atoms with E-state index in [0.717, 1.165) is 30.6 Å². The maximum Gasteiger partial charge on any atom is 0.164 e. The summed E-state index contributed by atoms with van der Waals surface area (Å²) in [6, 6.07) is 1.91. The number of Topliss-reactive ketones (excluding diaryl/α,β-unsaturated/α-hetero) is 1. The Kier molecular flexibility index (Phi) is 3.89. The highest BCUT2D eigenvalue weighted by Crippen LogP contribution is 2.33. The zero-order valence-corrected chi connectivity index (χ0v) is 10.5. The third kappa shape index (κ3) is 3.13. The number of nitrogens with zero attached hydrogens (tertiary/aromatic N) is 1. The molecule has 0 aromatic carbocycles. The summed E-state index contributed by atoms with van der Waals surface area (Å²) in [5, 5.41) is 0. The van der Waals surface area contributed by atoms with Crippen molar-refractivity contribution < 1.29 is 9.53 Å². The molecule has 1 fully saturated rings. The minimum atomic E-state index is 0.209. The molecule has 17 heavy (non-hydrogen) atoms. The predicted octanol–water partition coefficient (Wildman–Crippen LogP) is 2.78. The molecule has 1 aliphatic carbocycles. The Morgan fingerprint density at radius 3 is 2.88 bits per heavy atom. The summed E-state index contributed by atoms with van der Waals surface area (Å²) >= 11 is 0. The lowest BCUT2D eigenvalue weighted by Gasteiger charge is -2.34. The van der Waals surface area contributed by atoms with E-state index >= 15 is 0 Å². The summed E-state index contributed by atoms with van der Waals surface area (Å²) in [4.78, 5) is 16.0. The van der Waals surface area contributed by atoms with Crippen LogP contribution in [0.1, 0.15) is 42.1 Å². The highest BCUT2D eigenvalue weighted by Gasteiger charge is 2.31. The summed E-state index contributed by atoms with van der Waals surface area (Å²) in [7, 11) is 0. The number of rotatable bonds is 5. The van der Waals surface area contributed by atoms with Gasteiger partial charge >= 0.3 is 0 Å². The van der Waals surface area contributed by atoms with Crippen LogP contribution in [0.4, 0.5) is 0 Å². The summed E-state index contributed by atoms with van der Waals surface area (Å²) < 4.78 is 5.49. The van der Waals surface area contributed by atoms with Crippen LogP contribution in [0.5, 0.6) is 0 Å². The van der Waals surface area contributed by atoms with Crippen LogP contribution < -0.4 is 0 Å². The number of aryl methyl sites for hydroxylation is 1. The number of hydrogen-bond acceptors (Lipinski definition) is 3. The highest BCUT2D eigenvalue weighted by atomic mass is 16.5. The van der Waals surface area contributed by atoms with Crippen molar-refractivity contribution in [2.45, 2.75) is 39.2 Å². The Morgan fingerprint density at radius 2 is 2.24 bits per heavy atom. The van der Waals surface area contributed by atoms with Gasteiger partial charge in [-0.1, -0.05) is 0 Å². The van der Waals surface area contributed by atoms with Gasteiger partial charge in [-0.05, 0) is 44.2 Å². The minimum Gasteiger partial charge on any atom is -0.378 e. The van der Waals surface area contributed by atoms with Crippen molar-refractivity contribution in [2.24, 2.45) is 5.92 Å². The molecule has 1 aliphatic rings. The van der Waals surface area contributed by atoms with Gasteiger partial charge in [0.05, 0.1) is 6.10 Å². The van der Waals surface area contributed by atoms with E-state index in [-0.39, 0.29) is 5.78 Å². The van der Waals surface area contributed by atoms with E-state index in [1.807, 2.05) is 19.9 Å². The summed E-state index contributed by atoms with van der Waals surface area (Å²) in [5.41, 5.74) is 1.78. The van der Waals surface area contributed by atoms with E-state index in [0.29, 0.717) is 18.4 Å². The highest BCUT2D eigenvalue weighted by molar-refractivity contribution is 5.96. The smallest absolute Gasteiger partial charge is 0.164 e. The first-order valence-electron chi connectivity index (χ1n) is 6.25. The van der Waals surface area contributed by atoms with Crippen LogP contribution in [0.15, 0.2) is 18.5 Å². The van der Waals surface area contributed by atoms with Gasteiger partial charge in [0.15, 0.2) is 5.78 Å². The van der Waals surface area contributed by atoms with Gasteiger partial charge in [-0.2, -0.15) is 0 Å². The topological polar surface area (TPSA) is 39.2 Å². The van der Waals surface area contributed by atoms with E-state index in [9.17, 15) is 4.79 Å². The summed E-state index contributed by atoms with van der Waals surface area (Å²) in [6.45, 7) is 4.74. The van der Waals surface area contributed by atoms with Gasteiger partial charge in [0, 0.05) is 31.0 Å². The molecule has 1 aromatic heterocycles. The van der Waals surface area contributed by atoms with Crippen molar-refractivity contribution in [3.05, 3.63) is 29.6 Å². The molecular weight excluding hydrogens is 214 g/mol. The molecule has 0 N–H and O–H groups in total. The number of hydrogen-bond donors (Lipinski definition) is 0. The zero-order chi connectivity index (χ0) is 12.3. The Bertz CT molecular complexity index is 397. The van der Waals surface area contributed by atoms with Gasteiger partial charge in [0.1, 0.15) is 0 Å². The van der Waals surface area contributed by atoms with Crippen LogP contribution in [-0.4, -0.2) is 23.5 Å². The largest absolute Gasteiger partial charge is 0.378 e. The number of carbonyl (C=O) groups excluding carboxylic acids is 1. The number of ketones is 1. The Labute approximate surface area is 102 Å². The molecule has 0 spiro atoms. The SMILES string of the molecule is CCOC1CC(CC(=O)c2cncc(C)c2)C1. The Balaban J connectivity index is 1.83. The van der Waals surface area contributed by atoms with E-state index in [4.69, 9.17) is 4.74 Å². The van der Waals surface area contributed by atoms with Gasteiger partial charge in [-0.15, -0.1) is 0 Å². The van der Waals surface area contributed by atoms with E-state index in [1.165, 1.54) is 0 Å². The van der Waals surface area contributed by atoms with Gasteiger partial charge in [0.2, 0.25) is 0 Å². The monoisotopic (exact) mass is 233 g/mol. The molecule has 0 aliphatic heterocycles. The summed E-state index contributed by atoms with van der Waals surface area (Å²) in [6.07, 6.45) is 6.50. The molecule has 0 unspecified atom stereocenters. The Morgan fingerprint density at radius 1 is 1.47 bits per heavy atom. The lowest BCUT2D eigenvalue weighted by Crippen LogP contribution is -2.32. The van der Waals surface area contributed by atoms with Crippen LogP contribution in [0.2, 0.25) is 0 Å². The molecule has 3 nitrogen and oxygen atoms in total. The van der Waals surface area contributed by atoms with E-state index in [2.05, 4.69) is 4.98 Å². The number of aromatic nitrogens is 1. The molecule has 92 valence electrons. The quantitative estimate of drug-likeness (QED) is 0.734. The molecule has 0 bridgehead atoms. The van der Waals surface area contributed by atoms with Crippen LogP contribution in [0.3, 0.4) is 0 Å². The fraction of sp³-hybridized carbons (Fsp3) is 0.571. The van der Waals surface area contributed by atoms with Gasteiger partial charge < -0.3 is 4.74 Å². The van der Waals surface area contributed by atoms with Crippen LogP contribution >= 0.6 is 0 Å². The Hall–Kier alpha value is -1.22. The molecule has 0 amide bonds. The zero-order valence-electron chi connectivity index (χ0n) is 10.5. The first-order chi connectivity index (χ1) is 8.19. The average molecular weight is 233 g/mol. The predicted molar refractivity (Wildman–Crippen MR) is 66.1 cm³/mol. The molecule has 1 aromatic rings. The second kappa shape index (κ2) is 5.41. The molecule has 0 atom stereocenters. The molecule has 3 heteroatoms. The second-order valence-electron chi connectivity index (χ2n) is 4.79. The lowest BCUT2D eigenvalue weighted by atomic mass is 9.78. The van der Waals surface area contributed by atoms with Crippen molar-refractivity contribution in [1.82, 2.24) is 4.98 Å². The lowest BCUT2D eigenvalue weighted by molar-refractivity contribution is -0.0246. The average Bonchev–Trinajstić information content (AvgIpc) is 2.26. The molecule has 0 saturated heterocycles. The van der Waals surface area contributed by atoms with Gasteiger partial charge in [-0.3, -0.25) is 9.78 Å². The second-order valence-corrected chi connectivity index (χ2v) is 4.79. The van der Waals surface area contributed by atoms with Crippen LogP contribution in [0.25, 0.3) is 0 Å². The number of carbonyl (C=O) groups is 1. The third-order valence-electron chi connectivity index (χ3n) is 3.27. The number of pyridine rings is 1. The van der Waals surface area contributed by atoms with Crippen molar-refractivity contribution in [2.75, 3.05) is 6.61 Å². The molecule has 0 radical (unpaired) electrons. The number of ether oxygens (including phenoxy) is 1. The molecule has 1 saturated carbocycles. The fourth-order valence-corrected chi connectivity index (χ4v) is 2.30. The van der Waals surface area contributed by atoms with Crippen molar-refractivity contribution >= 4 is 5.78 Å². The van der Waals surface area contributed by atoms with Crippen LogP contribution in [-0.2, 0) is 4.74 Å². The van der Waals surface area contributed by atoms with E-state index < -0.39 is 0 Å². The molecular formula is C14H19NO2. The normalized spacial score (nSPS) is 23.2. The van der Waals surface area contributed by atoms with Crippen molar-refractivity contribution in [3.63, 3.8) is 0 Å². The maximum atomic E-state index is 12.0. The minimum absolute atomic E-state index is 0.209. The van der Waals surface area contributed by atoms with Crippen molar-refractivity contribution in [1.29, 1.82) is 0 Å².